The molecular formula is C6H11NO3. The molecule has 0 bridgehead atoms. The standard InChI is InChI=1S/C6H11NO3/c7-4-2-1-3-5(4)10-6(8)9/h4-5H,1-3,7H2,(H,8,9)/t4-,5+/m1/s1. The van der Waals surface area contributed by atoms with Crippen LogP contribution < -0.4 is 5.73 Å². The Balaban J connectivity index is 2.33. The molecule has 0 aliphatic heterocycles. The molecule has 10 heavy (non-hydrogen) atoms. The SMILES string of the molecule is N[C@@H]1CCC[C@@H]1OC(=O)O. The van der Waals surface area contributed by atoms with Crippen LogP contribution in [0.4, 0.5) is 4.79 Å². The van der Waals surface area contributed by atoms with Crippen molar-refractivity contribution in [3.05, 3.63) is 0 Å². The summed E-state index contributed by atoms with van der Waals surface area (Å²) in [7, 11) is 0. The minimum absolute atomic E-state index is 0.0869. The van der Waals surface area contributed by atoms with Crippen molar-refractivity contribution in [3.63, 3.8) is 0 Å². The number of carboxylic acid groups (broad SMARTS) is 1. The normalized spacial score (nSPS) is 32.1. The molecule has 0 aromatic carbocycles. The lowest BCUT2D eigenvalue weighted by Gasteiger charge is -2.12. The van der Waals surface area contributed by atoms with Crippen molar-refractivity contribution in [2.45, 2.75) is 31.4 Å². The van der Waals surface area contributed by atoms with Crippen molar-refractivity contribution in [3.8, 4) is 0 Å². The van der Waals surface area contributed by atoms with Crippen molar-refractivity contribution in [1.29, 1.82) is 0 Å². The first kappa shape index (κ1) is 7.34. The Bertz CT molecular complexity index is 137. The van der Waals surface area contributed by atoms with Crippen LogP contribution in [0.2, 0.25) is 0 Å². The molecule has 4 heteroatoms. The van der Waals surface area contributed by atoms with Crippen LogP contribution in [0.3, 0.4) is 0 Å². The summed E-state index contributed by atoms with van der Waals surface area (Å²) in [5, 5.41) is 8.21. The van der Waals surface area contributed by atoms with E-state index in [2.05, 4.69) is 4.74 Å². The van der Waals surface area contributed by atoms with E-state index in [0.29, 0.717) is 0 Å². The molecule has 1 aliphatic rings. The average molecular weight is 145 g/mol. The van der Waals surface area contributed by atoms with E-state index >= 15 is 0 Å². The summed E-state index contributed by atoms with van der Waals surface area (Å²) in [5.41, 5.74) is 5.54. The van der Waals surface area contributed by atoms with Gasteiger partial charge in [-0.3, -0.25) is 0 Å². The van der Waals surface area contributed by atoms with Crippen LogP contribution in [0.1, 0.15) is 19.3 Å². The van der Waals surface area contributed by atoms with E-state index in [1.165, 1.54) is 0 Å². The average Bonchev–Trinajstić information content (AvgIpc) is 2.15. The second-order valence-electron chi connectivity index (χ2n) is 2.52. The maximum absolute atomic E-state index is 10.0. The Kier molecular flexibility index (Phi) is 2.11. The minimum atomic E-state index is -1.22. The van der Waals surface area contributed by atoms with E-state index in [0.717, 1.165) is 19.3 Å². The topological polar surface area (TPSA) is 72.5 Å². The maximum Gasteiger partial charge on any atom is 0.506 e. The largest absolute Gasteiger partial charge is 0.506 e. The van der Waals surface area contributed by atoms with Gasteiger partial charge >= 0.3 is 6.16 Å². The maximum atomic E-state index is 10.0. The molecule has 0 unspecified atom stereocenters. The first-order valence-corrected chi connectivity index (χ1v) is 3.35. The van der Waals surface area contributed by atoms with Gasteiger partial charge in [0.2, 0.25) is 0 Å². The Morgan fingerprint density at radius 3 is 2.70 bits per heavy atom. The first-order chi connectivity index (χ1) is 4.70. The van der Waals surface area contributed by atoms with Gasteiger partial charge in [-0.2, -0.15) is 0 Å². The predicted octanol–water partition coefficient (Wildman–Crippen LogP) is 0.561. The molecule has 0 heterocycles. The number of ether oxygens (including phenoxy) is 1. The molecule has 1 fully saturated rings. The number of hydrogen-bond donors (Lipinski definition) is 2. The van der Waals surface area contributed by atoms with Crippen LogP contribution in [0, 0.1) is 0 Å². The zero-order valence-corrected chi connectivity index (χ0v) is 5.62. The molecule has 3 N–H and O–H groups in total. The lowest BCUT2D eigenvalue weighted by atomic mass is 10.2. The molecule has 58 valence electrons. The minimum Gasteiger partial charge on any atom is -0.450 e. The highest BCUT2D eigenvalue weighted by atomic mass is 16.7. The second kappa shape index (κ2) is 2.88. The Labute approximate surface area is 59.0 Å². The van der Waals surface area contributed by atoms with Crippen LogP contribution in [0.25, 0.3) is 0 Å². The zero-order chi connectivity index (χ0) is 7.56. The second-order valence-corrected chi connectivity index (χ2v) is 2.52. The molecule has 0 spiro atoms. The summed E-state index contributed by atoms with van der Waals surface area (Å²) in [5.74, 6) is 0. The highest BCUT2D eigenvalue weighted by molar-refractivity contribution is 5.57. The molecule has 1 saturated carbocycles. The predicted molar refractivity (Wildman–Crippen MR) is 34.7 cm³/mol. The van der Waals surface area contributed by atoms with Gasteiger partial charge in [0.25, 0.3) is 0 Å². The molecule has 1 aliphatic carbocycles. The molecule has 0 aromatic rings. The van der Waals surface area contributed by atoms with Gasteiger partial charge in [-0.15, -0.1) is 0 Å². The van der Waals surface area contributed by atoms with Crippen molar-refractivity contribution in [2.24, 2.45) is 5.73 Å². The van der Waals surface area contributed by atoms with Gasteiger partial charge in [-0.25, -0.2) is 4.79 Å². The summed E-state index contributed by atoms with van der Waals surface area (Å²) >= 11 is 0. The van der Waals surface area contributed by atoms with Gasteiger partial charge in [0, 0.05) is 6.04 Å². The third kappa shape index (κ3) is 1.60. The zero-order valence-electron chi connectivity index (χ0n) is 5.62. The van der Waals surface area contributed by atoms with Gasteiger partial charge in [-0.05, 0) is 19.3 Å². The fraction of sp³-hybridized carbons (Fsp3) is 0.833. The first-order valence-electron chi connectivity index (χ1n) is 3.35. The third-order valence-corrected chi connectivity index (χ3v) is 1.76. The fourth-order valence-electron chi connectivity index (χ4n) is 1.23. The smallest absolute Gasteiger partial charge is 0.450 e. The highest BCUT2D eigenvalue weighted by Crippen LogP contribution is 2.19. The molecule has 0 amide bonds. The van der Waals surface area contributed by atoms with Crippen LogP contribution in [-0.2, 0) is 4.74 Å². The van der Waals surface area contributed by atoms with Crippen LogP contribution >= 0.6 is 0 Å². The summed E-state index contributed by atoms with van der Waals surface area (Å²) in [6.45, 7) is 0. The number of rotatable bonds is 1. The van der Waals surface area contributed by atoms with Crippen molar-refractivity contribution < 1.29 is 14.6 Å². The fourth-order valence-corrected chi connectivity index (χ4v) is 1.23. The van der Waals surface area contributed by atoms with E-state index in [9.17, 15) is 4.79 Å². The number of nitrogens with two attached hydrogens (primary N) is 1. The molecule has 0 saturated heterocycles. The highest BCUT2D eigenvalue weighted by Gasteiger charge is 2.26. The van der Waals surface area contributed by atoms with E-state index in [1.54, 1.807) is 0 Å². The van der Waals surface area contributed by atoms with E-state index < -0.39 is 6.16 Å². The molecule has 2 atom stereocenters. The van der Waals surface area contributed by atoms with Gasteiger partial charge in [0.1, 0.15) is 6.10 Å². The summed E-state index contributed by atoms with van der Waals surface area (Å²) in [4.78, 5) is 10.0. The van der Waals surface area contributed by atoms with Crippen molar-refractivity contribution >= 4 is 6.16 Å². The molecule has 0 aromatic heterocycles. The van der Waals surface area contributed by atoms with Gasteiger partial charge in [0.05, 0.1) is 0 Å². The van der Waals surface area contributed by atoms with Gasteiger partial charge in [0.15, 0.2) is 0 Å². The van der Waals surface area contributed by atoms with Crippen LogP contribution in [-0.4, -0.2) is 23.4 Å². The number of carbonyl (C=O) groups is 1. The summed E-state index contributed by atoms with van der Waals surface area (Å²) in [6, 6.07) is -0.0869. The third-order valence-electron chi connectivity index (χ3n) is 1.76. The molecule has 0 radical (unpaired) electrons. The lowest BCUT2D eigenvalue weighted by Crippen LogP contribution is -2.32. The molecule has 1 rings (SSSR count). The van der Waals surface area contributed by atoms with Crippen LogP contribution in [0.15, 0.2) is 0 Å². The van der Waals surface area contributed by atoms with E-state index in [-0.39, 0.29) is 12.1 Å². The monoisotopic (exact) mass is 145 g/mol. The van der Waals surface area contributed by atoms with Crippen molar-refractivity contribution in [2.75, 3.05) is 0 Å². The Morgan fingerprint density at radius 2 is 2.30 bits per heavy atom. The quantitative estimate of drug-likeness (QED) is 0.529. The van der Waals surface area contributed by atoms with Crippen LogP contribution in [0.5, 0.6) is 0 Å². The summed E-state index contributed by atoms with van der Waals surface area (Å²) < 4.78 is 4.52. The molecule has 4 nitrogen and oxygen atoms in total. The number of hydrogen-bond acceptors (Lipinski definition) is 3. The Morgan fingerprint density at radius 1 is 1.60 bits per heavy atom. The Hall–Kier alpha value is -0.770. The van der Waals surface area contributed by atoms with Gasteiger partial charge < -0.3 is 15.6 Å². The van der Waals surface area contributed by atoms with E-state index in [1.807, 2.05) is 0 Å². The lowest BCUT2D eigenvalue weighted by molar-refractivity contribution is 0.0484. The van der Waals surface area contributed by atoms with Gasteiger partial charge in [-0.1, -0.05) is 0 Å². The van der Waals surface area contributed by atoms with E-state index in [4.69, 9.17) is 10.8 Å². The molecular weight excluding hydrogens is 134 g/mol. The van der Waals surface area contributed by atoms with Crippen molar-refractivity contribution in [1.82, 2.24) is 0 Å². The summed E-state index contributed by atoms with van der Waals surface area (Å²) in [6.07, 6.45) is 1.13.